The fourth-order valence-electron chi connectivity index (χ4n) is 1.89. The summed E-state index contributed by atoms with van der Waals surface area (Å²) in [6.45, 7) is 8.59. The topological polar surface area (TPSA) is 51.2 Å². The average Bonchev–Trinajstić information content (AvgIpc) is 2.28. The van der Waals surface area contributed by atoms with Crippen LogP contribution in [0.25, 0.3) is 0 Å². The van der Waals surface area contributed by atoms with Gasteiger partial charge in [-0.05, 0) is 38.3 Å². The van der Waals surface area contributed by atoms with Crippen molar-refractivity contribution in [3.05, 3.63) is 23.9 Å². The maximum absolute atomic E-state index is 11.8. The van der Waals surface area contributed by atoms with Crippen LogP contribution in [-0.2, 0) is 4.74 Å². The van der Waals surface area contributed by atoms with E-state index in [1.54, 1.807) is 25.3 Å². The highest BCUT2D eigenvalue weighted by atomic mass is 16.5. The van der Waals surface area contributed by atoms with E-state index in [9.17, 15) is 4.79 Å². The Hall–Kier alpha value is -1.58. The number of ether oxygens (including phenoxy) is 1. The van der Waals surface area contributed by atoms with Crippen molar-refractivity contribution in [2.45, 2.75) is 40.2 Å². The van der Waals surface area contributed by atoms with Crippen LogP contribution in [0.4, 0.5) is 5.82 Å². The quantitative estimate of drug-likeness (QED) is 0.788. The Bertz CT molecular complexity index is 391. The highest BCUT2D eigenvalue weighted by molar-refractivity contribution is 5.94. The molecule has 1 heterocycles. The molecule has 4 nitrogen and oxygen atoms in total. The van der Waals surface area contributed by atoms with E-state index in [4.69, 9.17) is 4.74 Å². The number of aromatic nitrogens is 1. The van der Waals surface area contributed by atoms with Gasteiger partial charge < -0.3 is 10.1 Å². The standard InChI is InChI=1S/C14H22N2O2/c1-5-18-14(17)12-7-6-8-15-13(12)16-11(4)9-10(2)3/h6-8,10-11H,5,9H2,1-4H3,(H,15,16). The maximum Gasteiger partial charge on any atom is 0.341 e. The molecule has 0 aromatic carbocycles. The summed E-state index contributed by atoms with van der Waals surface area (Å²) < 4.78 is 5.01. The van der Waals surface area contributed by atoms with Crippen LogP contribution in [0.15, 0.2) is 18.3 Å². The summed E-state index contributed by atoms with van der Waals surface area (Å²) in [7, 11) is 0. The van der Waals surface area contributed by atoms with Gasteiger partial charge >= 0.3 is 5.97 Å². The lowest BCUT2D eigenvalue weighted by atomic mass is 10.1. The van der Waals surface area contributed by atoms with Crippen LogP contribution in [-0.4, -0.2) is 23.6 Å². The Morgan fingerprint density at radius 2 is 2.17 bits per heavy atom. The normalized spacial score (nSPS) is 12.3. The van der Waals surface area contributed by atoms with Crippen molar-refractivity contribution in [1.29, 1.82) is 0 Å². The number of pyridine rings is 1. The fourth-order valence-corrected chi connectivity index (χ4v) is 1.89. The number of carbonyl (C=O) groups is 1. The third-order valence-corrected chi connectivity index (χ3v) is 2.51. The van der Waals surface area contributed by atoms with Gasteiger partial charge in [-0.3, -0.25) is 0 Å². The molecule has 0 aliphatic heterocycles. The van der Waals surface area contributed by atoms with Crippen molar-refractivity contribution >= 4 is 11.8 Å². The Labute approximate surface area is 109 Å². The number of nitrogens with one attached hydrogen (secondary N) is 1. The first kappa shape index (κ1) is 14.5. The maximum atomic E-state index is 11.8. The van der Waals surface area contributed by atoms with Crippen LogP contribution in [0, 0.1) is 5.92 Å². The predicted molar refractivity (Wildman–Crippen MR) is 72.7 cm³/mol. The molecule has 4 heteroatoms. The Morgan fingerprint density at radius 1 is 1.44 bits per heavy atom. The van der Waals surface area contributed by atoms with Gasteiger partial charge in [-0.15, -0.1) is 0 Å². The van der Waals surface area contributed by atoms with Crippen molar-refractivity contribution in [1.82, 2.24) is 4.98 Å². The smallest absolute Gasteiger partial charge is 0.341 e. The minimum atomic E-state index is -0.329. The lowest BCUT2D eigenvalue weighted by molar-refractivity contribution is 0.0527. The molecule has 1 N–H and O–H groups in total. The molecule has 1 rings (SSSR count). The molecule has 0 bridgehead atoms. The first-order chi connectivity index (χ1) is 8.54. The van der Waals surface area contributed by atoms with E-state index in [0.717, 1.165) is 6.42 Å². The van der Waals surface area contributed by atoms with E-state index >= 15 is 0 Å². The minimum absolute atomic E-state index is 0.271. The van der Waals surface area contributed by atoms with E-state index < -0.39 is 0 Å². The molecule has 1 unspecified atom stereocenters. The van der Waals surface area contributed by atoms with Gasteiger partial charge in [0.2, 0.25) is 0 Å². The molecule has 0 aliphatic rings. The number of nitrogens with zero attached hydrogens (tertiary/aromatic N) is 1. The molecule has 1 aromatic heterocycles. The lowest BCUT2D eigenvalue weighted by Crippen LogP contribution is -2.20. The molecule has 0 spiro atoms. The Balaban J connectivity index is 2.79. The molecular weight excluding hydrogens is 228 g/mol. The monoisotopic (exact) mass is 250 g/mol. The second-order valence-electron chi connectivity index (χ2n) is 4.79. The van der Waals surface area contributed by atoms with Crippen molar-refractivity contribution in [3.63, 3.8) is 0 Å². The molecule has 0 saturated heterocycles. The van der Waals surface area contributed by atoms with Gasteiger partial charge in [0.1, 0.15) is 11.4 Å². The van der Waals surface area contributed by atoms with Gasteiger partial charge in [0.05, 0.1) is 6.61 Å². The van der Waals surface area contributed by atoms with Crippen molar-refractivity contribution in [3.8, 4) is 0 Å². The largest absolute Gasteiger partial charge is 0.462 e. The summed E-state index contributed by atoms with van der Waals surface area (Å²) in [6.07, 6.45) is 2.70. The van der Waals surface area contributed by atoms with Crippen molar-refractivity contribution in [2.75, 3.05) is 11.9 Å². The van der Waals surface area contributed by atoms with E-state index in [1.165, 1.54) is 0 Å². The Morgan fingerprint density at radius 3 is 2.78 bits per heavy atom. The third kappa shape index (κ3) is 4.35. The van der Waals surface area contributed by atoms with Gasteiger partial charge in [0, 0.05) is 12.2 Å². The van der Waals surface area contributed by atoms with E-state index in [1.807, 2.05) is 0 Å². The number of carbonyl (C=O) groups excluding carboxylic acids is 1. The second-order valence-corrected chi connectivity index (χ2v) is 4.79. The molecule has 0 saturated carbocycles. The number of hydrogen-bond donors (Lipinski definition) is 1. The van der Waals surface area contributed by atoms with Crippen LogP contribution in [0.3, 0.4) is 0 Å². The van der Waals surface area contributed by atoms with Crippen molar-refractivity contribution < 1.29 is 9.53 Å². The zero-order valence-corrected chi connectivity index (χ0v) is 11.6. The predicted octanol–water partition coefficient (Wildman–Crippen LogP) is 3.10. The molecule has 1 aromatic rings. The summed E-state index contributed by atoms with van der Waals surface area (Å²) in [6, 6.07) is 3.74. The van der Waals surface area contributed by atoms with Gasteiger partial charge in [-0.2, -0.15) is 0 Å². The van der Waals surface area contributed by atoms with Gasteiger partial charge in [0.15, 0.2) is 0 Å². The number of rotatable bonds is 6. The van der Waals surface area contributed by atoms with Crippen LogP contribution in [0.1, 0.15) is 44.5 Å². The summed E-state index contributed by atoms with van der Waals surface area (Å²) in [5.74, 6) is 0.871. The Kier molecular flexibility index (Phi) is 5.62. The number of esters is 1. The van der Waals surface area contributed by atoms with E-state index in [-0.39, 0.29) is 12.0 Å². The zero-order valence-electron chi connectivity index (χ0n) is 11.6. The zero-order chi connectivity index (χ0) is 13.5. The molecular formula is C14H22N2O2. The number of anilines is 1. The molecule has 0 amide bonds. The van der Waals surface area contributed by atoms with Gasteiger partial charge in [-0.25, -0.2) is 9.78 Å². The van der Waals surface area contributed by atoms with Crippen LogP contribution < -0.4 is 5.32 Å². The van der Waals surface area contributed by atoms with Crippen LogP contribution >= 0.6 is 0 Å². The fraction of sp³-hybridized carbons (Fsp3) is 0.571. The van der Waals surface area contributed by atoms with Crippen molar-refractivity contribution in [2.24, 2.45) is 5.92 Å². The van der Waals surface area contributed by atoms with Gasteiger partial charge in [0.25, 0.3) is 0 Å². The first-order valence-electron chi connectivity index (χ1n) is 6.43. The second kappa shape index (κ2) is 6.99. The summed E-state index contributed by atoms with van der Waals surface area (Å²) in [5.41, 5.74) is 0.495. The lowest BCUT2D eigenvalue weighted by Gasteiger charge is -2.18. The SMILES string of the molecule is CCOC(=O)c1cccnc1NC(C)CC(C)C. The molecule has 0 radical (unpaired) electrons. The summed E-state index contributed by atoms with van der Waals surface area (Å²) in [5, 5.41) is 3.27. The van der Waals surface area contributed by atoms with Crippen LogP contribution in [0.2, 0.25) is 0 Å². The number of hydrogen-bond acceptors (Lipinski definition) is 4. The first-order valence-corrected chi connectivity index (χ1v) is 6.43. The molecule has 18 heavy (non-hydrogen) atoms. The van der Waals surface area contributed by atoms with E-state index in [0.29, 0.717) is 23.9 Å². The highest BCUT2D eigenvalue weighted by Gasteiger charge is 2.15. The summed E-state index contributed by atoms with van der Waals surface area (Å²) >= 11 is 0. The average molecular weight is 250 g/mol. The minimum Gasteiger partial charge on any atom is -0.462 e. The molecule has 100 valence electrons. The van der Waals surface area contributed by atoms with Crippen LogP contribution in [0.5, 0.6) is 0 Å². The third-order valence-electron chi connectivity index (χ3n) is 2.51. The van der Waals surface area contributed by atoms with E-state index in [2.05, 4.69) is 31.1 Å². The highest BCUT2D eigenvalue weighted by Crippen LogP contribution is 2.16. The summed E-state index contributed by atoms with van der Waals surface area (Å²) in [4.78, 5) is 16.0. The molecule has 0 fully saturated rings. The molecule has 0 aliphatic carbocycles. The molecule has 1 atom stereocenters. The van der Waals surface area contributed by atoms with Gasteiger partial charge in [-0.1, -0.05) is 13.8 Å².